The zero-order valence-electron chi connectivity index (χ0n) is 14.4. The number of hydrogen-bond donors (Lipinski definition) is 2. The molecule has 7 nitrogen and oxygen atoms in total. The molecule has 0 unspecified atom stereocenters. The van der Waals surface area contributed by atoms with Crippen LogP contribution in [0.15, 0.2) is 30.3 Å². The summed E-state index contributed by atoms with van der Waals surface area (Å²) in [6, 6.07) is 8.09. The molecular formula is C18H21N3O4. The maximum Gasteiger partial charge on any atom is 0.408 e. The molecule has 0 aliphatic carbocycles. The number of benzene rings is 1. The van der Waals surface area contributed by atoms with Gasteiger partial charge in [0.25, 0.3) is 0 Å². The molecule has 2 heterocycles. The number of nitrogens with one attached hydrogen (secondary N) is 1. The summed E-state index contributed by atoms with van der Waals surface area (Å²) in [4.78, 5) is 30.3. The number of rotatable bonds is 2. The van der Waals surface area contributed by atoms with E-state index in [1.165, 1.54) is 6.07 Å². The number of amides is 2. The lowest BCUT2D eigenvalue weighted by atomic mass is 10.2. The van der Waals surface area contributed by atoms with Crippen molar-refractivity contribution in [3.05, 3.63) is 30.3 Å². The number of nitrogens with zero attached hydrogens (tertiary/aromatic N) is 2. The summed E-state index contributed by atoms with van der Waals surface area (Å²) in [7, 11) is 0. The van der Waals surface area contributed by atoms with E-state index in [-0.39, 0.29) is 11.8 Å². The summed E-state index contributed by atoms with van der Waals surface area (Å²) >= 11 is 0. The van der Waals surface area contributed by atoms with Crippen molar-refractivity contribution in [2.75, 3.05) is 11.4 Å². The molecule has 0 bridgehead atoms. The minimum Gasteiger partial charge on any atom is -0.493 e. The molecule has 132 valence electrons. The topological polar surface area (TPSA) is 91.8 Å². The number of anilines is 1. The second-order valence-corrected chi connectivity index (χ2v) is 7.00. The minimum absolute atomic E-state index is 0.102. The van der Waals surface area contributed by atoms with Crippen LogP contribution < -0.4 is 10.2 Å². The van der Waals surface area contributed by atoms with Crippen LogP contribution in [0.2, 0.25) is 0 Å². The number of carbonyl (C=O) groups excluding carboxylic acids is 2. The fourth-order valence-electron chi connectivity index (χ4n) is 2.84. The van der Waals surface area contributed by atoms with Gasteiger partial charge in [0, 0.05) is 18.0 Å². The molecule has 1 atom stereocenters. The van der Waals surface area contributed by atoms with Crippen molar-refractivity contribution in [2.45, 2.75) is 38.8 Å². The lowest BCUT2D eigenvalue weighted by Crippen LogP contribution is -2.43. The van der Waals surface area contributed by atoms with Gasteiger partial charge in [-0.2, -0.15) is 0 Å². The first-order valence-corrected chi connectivity index (χ1v) is 8.14. The van der Waals surface area contributed by atoms with Crippen LogP contribution in [0.3, 0.4) is 0 Å². The first-order valence-electron chi connectivity index (χ1n) is 8.14. The third-order valence-corrected chi connectivity index (χ3v) is 3.87. The van der Waals surface area contributed by atoms with Gasteiger partial charge in [0.1, 0.15) is 11.6 Å². The van der Waals surface area contributed by atoms with Crippen molar-refractivity contribution in [3.63, 3.8) is 0 Å². The highest BCUT2D eigenvalue weighted by Crippen LogP contribution is 2.30. The van der Waals surface area contributed by atoms with Gasteiger partial charge in [-0.3, -0.25) is 4.79 Å². The Morgan fingerprint density at radius 3 is 2.80 bits per heavy atom. The van der Waals surface area contributed by atoms with Crippen molar-refractivity contribution in [1.29, 1.82) is 0 Å². The van der Waals surface area contributed by atoms with Gasteiger partial charge >= 0.3 is 6.09 Å². The van der Waals surface area contributed by atoms with E-state index >= 15 is 0 Å². The Balaban J connectivity index is 1.81. The molecule has 0 saturated carbocycles. The number of ether oxygens (including phenoxy) is 1. The Bertz CT molecular complexity index is 829. The zero-order valence-corrected chi connectivity index (χ0v) is 14.4. The summed E-state index contributed by atoms with van der Waals surface area (Å²) in [5, 5.41) is 13.1. The average molecular weight is 343 g/mol. The highest BCUT2D eigenvalue weighted by Gasteiger charge is 2.35. The van der Waals surface area contributed by atoms with E-state index in [2.05, 4.69) is 10.3 Å². The van der Waals surface area contributed by atoms with Gasteiger partial charge in [0.15, 0.2) is 0 Å². The molecule has 7 heteroatoms. The smallest absolute Gasteiger partial charge is 0.408 e. The van der Waals surface area contributed by atoms with Gasteiger partial charge in [0.05, 0.1) is 11.2 Å². The van der Waals surface area contributed by atoms with Gasteiger partial charge in [0.2, 0.25) is 11.8 Å². The number of hydrogen-bond acceptors (Lipinski definition) is 5. The molecule has 2 N–H and O–H groups in total. The molecule has 1 fully saturated rings. The summed E-state index contributed by atoms with van der Waals surface area (Å²) in [6.45, 7) is 5.76. The molecule has 0 radical (unpaired) electrons. The molecule has 25 heavy (non-hydrogen) atoms. The van der Waals surface area contributed by atoms with Crippen LogP contribution in [-0.4, -0.2) is 40.3 Å². The van der Waals surface area contributed by atoms with E-state index in [1.54, 1.807) is 37.8 Å². The van der Waals surface area contributed by atoms with E-state index < -0.39 is 17.7 Å². The number of alkyl carbamates (subject to hydrolysis) is 1. The summed E-state index contributed by atoms with van der Waals surface area (Å²) in [5.41, 5.74) is 0.545. The van der Waals surface area contributed by atoms with Gasteiger partial charge < -0.3 is 20.1 Å². The van der Waals surface area contributed by atoms with Crippen molar-refractivity contribution in [1.82, 2.24) is 10.3 Å². The first-order chi connectivity index (χ1) is 11.7. The molecule has 1 aromatic heterocycles. The molecule has 1 aliphatic rings. The molecule has 2 aromatic rings. The van der Waals surface area contributed by atoms with E-state index in [0.29, 0.717) is 24.2 Å². The second-order valence-electron chi connectivity index (χ2n) is 7.00. The Hall–Kier alpha value is -2.83. The maximum atomic E-state index is 12.7. The molecule has 1 aliphatic heterocycles. The minimum atomic E-state index is -0.637. The monoisotopic (exact) mass is 343 g/mol. The fourth-order valence-corrected chi connectivity index (χ4v) is 2.84. The van der Waals surface area contributed by atoms with Gasteiger partial charge in [-0.1, -0.05) is 12.1 Å². The fraction of sp³-hybridized carbons (Fsp3) is 0.389. The lowest BCUT2D eigenvalue weighted by molar-refractivity contribution is -0.118. The van der Waals surface area contributed by atoms with Gasteiger partial charge in [-0.25, -0.2) is 9.78 Å². The van der Waals surface area contributed by atoms with Gasteiger partial charge in [-0.05, 0) is 39.3 Å². The average Bonchev–Trinajstić information content (AvgIpc) is 2.85. The first kappa shape index (κ1) is 17.0. The van der Waals surface area contributed by atoms with E-state index in [9.17, 15) is 14.7 Å². The Morgan fingerprint density at radius 1 is 1.32 bits per heavy atom. The van der Waals surface area contributed by atoms with E-state index in [1.807, 2.05) is 12.1 Å². The molecule has 2 amide bonds. The number of aromatic hydroxyl groups is 1. The van der Waals surface area contributed by atoms with Gasteiger partial charge in [-0.15, -0.1) is 0 Å². The van der Waals surface area contributed by atoms with Crippen LogP contribution in [0.4, 0.5) is 10.5 Å². The summed E-state index contributed by atoms with van der Waals surface area (Å²) < 4.78 is 5.21. The normalized spacial score (nSPS) is 17.8. The van der Waals surface area contributed by atoms with Crippen molar-refractivity contribution in [3.8, 4) is 5.88 Å². The van der Waals surface area contributed by atoms with Crippen LogP contribution in [-0.2, 0) is 9.53 Å². The van der Waals surface area contributed by atoms with Crippen LogP contribution in [0.5, 0.6) is 5.88 Å². The number of fused-ring (bicyclic) bond motifs is 1. The Kier molecular flexibility index (Phi) is 4.24. The van der Waals surface area contributed by atoms with Crippen molar-refractivity contribution in [2.24, 2.45) is 0 Å². The molecule has 0 spiro atoms. The highest BCUT2D eigenvalue weighted by molar-refractivity contribution is 6.06. The van der Waals surface area contributed by atoms with Crippen LogP contribution in [0, 0.1) is 0 Å². The molecule has 1 saturated heterocycles. The molecule has 1 aromatic carbocycles. The lowest BCUT2D eigenvalue weighted by Gasteiger charge is -2.22. The number of para-hydroxylation sites is 1. The second kappa shape index (κ2) is 6.23. The molecule has 3 rings (SSSR count). The molecular weight excluding hydrogens is 322 g/mol. The van der Waals surface area contributed by atoms with Crippen LogP contribution in [0.25, 0.3) is 10.9 Å². The SMILES string of the molecule is CC(C)(C)OC(=O)N[C@H]1CCN(c2cccc3ccc(O)nc23)C1=O. The predicted octanol–water partition coefficient (Wildman–Crippen LogP) is 2.57. The standard InChI is InChI=1S/C18H21N3O4/c1-18(2,3)25-17(24)19-12-9-10-21(16(12)23)13-6-4-5-11-7-8-14(22)20-15(11)13/h4-8,12H,9-10H2,1-3H3,(H,19,24)(H,20,22)/t12-/m0/s1. The predicted molar refractivity (Wildman–Crippen MR) is 93.5 cm³/mol. The zero-order chi connectivity index (χ0) is 18.2. The van der Waals surface area contributed by atoms with E-state index in [0.717, 1.165) is 5.39 Å². The largest absolute Gasteiger partial charge is 0.493 e. The number of carbonyl (C=O) groups is 2. The summed E-state index contributed by atoms with van der Waals surface area (Å²) in [5.74, 6) is -0.321. The maximum absolute atomic E-state index is 12.7. The van der Waals surface area contributed by atoms with Crippen LogP contribution in [0.1, 0.15) is 27.2 Å². The number of pyridine rings is 1. The highest BCUT2D eigenvalue weighted by atomic mass is 16.6. The van der Waals surface area contributed by atoms with Crippen molar-refractivity contribution >= 4 is 28.6 Å². The van der Waals surface area contributed by atoms with E-state index in [4.69, 9.17) is 4.74 Å². The Labute approximate surface area is 145 Å². The Morgan fingerprint density at radius 2 is 2.08 bits per heavy atom. The van der Waals surface area contributed by atoms with Crippen LogP contribution >= 0.6 is 0 Å². The number of aromatic nitrogens is 1. The van der Waals surface area contributed by atoms with Crippen molar-refractivity contribution < 1.29 is 19.4 Å². The summed E-state index contributed by atoms with van der Waals surface area (Å²) in [6.07, 6.45) is -0.130. The third kappa shape index (κ3) is 3.65. The third-order valence-electron chi connectivity index (χ3n) is 3.87. The quantitative estimate of drug-likeness (QED) is 0.874.